The van der Waals surface area contributed by atoms with E-state index in [1.807, 2.05) is 18.2 Å². The molecule has 0 saturated carbocycles. The molecule has 0 amide bonds. The van der Waals surface area contributed by atoms with Crippen LogP contribution in [0.15, 0.2) is 42.5 Å². The van der Waals surface area contributed by atoms with Gasteiger partial charge in [-0.3, -0.25) is 0 Å². The molecule has 0 spiro atoms. The normalized spacial score (nSPS) is 21.6. The van der Waals surface area contributed by atoms with Gasteiger partial charge in [0.15, 0.2) is 9.84 Å². The maximum Gasteiger partial charge on any atom is 0.150 e. The van der Waals surface area contributed by atoms with Gasteiger partial charge < -0.3 is 5.32 Å². The summed E-state index contributed by atoms with van der Waals surface area (Å²) in [6, 6.07) is 14.5. The minimum absolute atomic E-state index is 0.247. The smallest absolute Gasteiger partial charge is 0.150 e. The average molecular weight is 275 g/mol. The van der Waals surface area contributed by atoms with Crippen LogP contribution in [0.5, 0.6) is 0 Å². The topological polar surface area (TPSA) is 46.2 Å². The lowest BCUT2D eigenvalue weighted by Crippen LogP contribution is -2.15. The first-order chi connectivity index (χ1) is 9.12. The molecule has 19 heavy (non-hydrogen) atoms. The van der Waals surface area contributed by atoms with E-state index >= 15 is 0 Å². The first-order valence-corrected chi connectivity index (χ1v) is 8.38. The summed E-state index contributed by atoms with van der Waals surface area (Å²) in [4.78, 5) is 0. The Morgan fingerprint density at radius 1 is 1.11 bits per heavy atom. The van der Waals surface area contributed by atoms with Crippen LogP contribution in [0.25, 0.3) is 10.8 Å². The Balaban J connectivity index is 1.69. The fourth-order valence-corrected chi connectivity index (χ4v) is 4.46. The number of rotatable bonds is 3. The Bertz CT molecular complexity index is 694. The third-order valence-corrected chi connectivity index (χ3v) is 5.51. The van der Waals surface area contributed by atoms with Crippen LogP contribution in [-0.4, -0.2) is 26.5 Å². The van der Waals surface area contributed by atoms with Crippen molar-refractivity contribution in [2.45, 2.75) is 6.42 Å². The molecule has 1 heterocycles. The van der Waals surface area contributed by atoms with Gasteiger partial charge >= 0.3 is 0 Å². The molecule has 1 aliphatic rings. The Kier molecular flexibility index (Phi) is 3.19. The second-order valence-corrected chi connectivity index (χ2v) is 7.44. The van der Waals surface area contributed by atoms with Gasteiger partial charge in [0.1, 0.15) is 0 Å². The molecule has 1 saturated heterocycles. The fourth-order valence-electron chi connectivity index (χ4n) is 2.59. The first kappa shape index (κ1) is 12.5. The van der Waals surface area contributed by atoms with Crippen LogP contribution < -0.4 is 5.32 Å². The Morgan fingerprint density at radius 3 is 2.63 bits per heavy atom. The van der Waals surface area contributed by atoms with Crippen molar-refractivity contribution in [3.63, 3.8) is 0 Å². The zero-order chi connectivity index (χ0) is 13.3. The molecule has 0 aromatic heterocycles. The highest BCUT2D eigenvalue weighted by Crippen LogP contribution is 2.22. The molecule has 1 fully saturated rings. The number of hydrogen-bond acceptors (Lipinski definition) is 3. The minimum Gasteiger partial charge on any atom is -0.385 e. The van der Waals surface area contributed by atoms with Crippen LogP contribution >= 0.6 is 0 Å². The lowest BCUT2D eigenvalue weighted by atomic mass is 10.1. The monoisotopic (exact) mass is 275 g/mol. The van der Waals surface area contributed by atoms with Crippen molar-refractivity contribution in [3.05, 3.63) is 42.5 Å². The molecule has 3 rings (SSSR count). The third kappa shape index (κ3) is 2.89. The van der Waals surface area contributed by atoms with Crippen molar-refractivity contribution in [1.82, 2.24) is 0 Å². The number of hydrogen-bond donors (Lipinski definition) is 1. The van der Waals surface area contributed by atoms with Gasteiger partial charge in [-0.2, -0.15) is 0 Å². The summed E-state index contributed by atoms with van der Waals surface area (Å²) in [5.41, 5.74) is 1.06. The number of anilines is 1. The van der Waals surface area contributed by atoms with Gasteiger partial charge in [0.2, 0.25) is 0 Å². The van der Waals surface area contributed by atoms with E-state index in [9.17, 15) is 8.42 Å². The van der Waals surface area contributed by atoms with E-state index in [-0.39, 0.29) is 5.92 Å². The second-order valence-electron chi connectivity index (χ2n) is 5.21. The molecule has 1 N–H and O–H groups in total. The molecule has 1 unspecified atom stereocenters. The minimum atomic E-state index is -2.77. The van der Waals surface area contributed by atoms with E-state index in [1.54, 1.807) is 0 Å². The molecule has 0 radical (unpaired) electrons. The SMILES string of the molecule is O=S1(=O)CCC(CNc2ccc3ccccc3c2)C1. The number of sulfone groups is 1. The van der Waals surface area contributed by atoms with E-state index in [0.717, 1.165) is 18.7 Å². The maximum atomic E-state index is 11.4. The molecule has 1 aliphatic heterocycles. The second kappa shape index (κ2) is 4.85. The van der Waals surface area contributed by atoms with E-state index in [2.05, 4.69) is 29.6 Å². The summed E-state index contributed by atoms with van der Waals surface area (Å²) >= 11 is 0. The van der Waals surface area contributed by atoms with Gasteiger partial charge in [-0.25, -0.2) is 8.42 Å². The molecule has 2 aromatic carbocycles. The Morgan fingerprint density at radius 2 is 1.89 bits per heavy atom. The molecule has 0 bridgehead atoms. The summed E-state index contributed by atoms with van der Waals surface area (Å²) in [5, 5.41) is 5.77. The molecule has 1 atom stereocenters. The van der Waals surface area contributed by atoms with Crippen molar-refractivity contribution in [2.24, 2.45) is 5.92 Å². The zero-order valence-electron chi connectivity index (χ0n) is 10.7. The number of benzene rings is 2. The molecule has 4 heteroatoms. The first-order valence-electron chi connectivity index (χ1n) is 6.55. The quantitative estimate of drug-likeness (QED) is 0.936. The van der Waals surface area contributed by atoms with Crippen molar-refractivity contribution >= 4 is 26.3 Å². The Labute approximate surface area is 113 Å². The van der Waals surface area contributed by atoms with Crippen LogP contribution in [0, 0.1) is 5.92 Å². The van der Waals surface area contributed by atoms with Gasteiger partial charge in [0.05, 0.1) is 11.5 Å². The summed E-state index contributed by atoms with van der Waals surface area (Å²) < 4.78 is 22.8. The summed E-state index contributed by atoms with van der Waals surface area (Å²) in [6.45, 7) is 0.734. The Hall–Kier alpha value is -1.55. The van der Waals surface area contributed by atoms with E-state index in [4.69, 9.17) is 0 Å². The van der Waals surface area contributed by atoms with E-state index in [0.29, 0.717) is 11.5 Å². The van der Waals surface area contributed by atoms with E-state index in [1.165, 1.54) is 10.8 Å². The predicted molar refractivity (Wildman–Crippen MR) is 79.2 cm³/mol. The van der Waals surface area contributed by atoms with Crippen molar-refractivity contribution in [3.8, 4) is 0 Å². The van der Waals surface area contributed by atoms with Crippen LogP contribution in [0.4, 0.5) is 5.69 Å². The molecule has 100 valence electrons. The number of nitrogens with one attached hydrogen (secondary N) is 1. The summed E-state index contributed by atoms with van der Waals surface area (Å²) in [6.07, 6.45) is 0.781. The zero-order valence-corrected chi connectivity index (χ0v) is 11.5. The lowest BCUT2D eigenvalue weighted by Gasteiger charge is -2.11. The molecular weight excluding hydrogens is 258 g/mol. The standard InChI is InChI=1S/C15H17NO2S/c17-19(18)8-7-12(11-19)10-16-15-6-5-13-3-1-2-4-14(13)9-15/h1-6,9,12,16H,7-8,10-11H2. The van der Waals surface area contributed by atoms with Crippen molar-refractivity contribution in [1.29, 1.82) is 0 Å². The molecular formula is C15H17NO2S. The highest BCUT2D eigenvalue weighted by molar-refractivity contribution is 7.91. The van der Waals surface area contributed by atoms with Crippen molar-refractivity contribution in [2.75, 3.05) is 23.4 Å². The van der Waals surface area contributed by atoms with Gasteiger partial charge in [0, 0.05) is 12.2 Å². The molecule has 2 aromatic rings. The third-order valence-electron chi connectivity index (χ3n) is 3.67. The summed E-state index contributed by atoms with van der Waals surface area (Å²) in [5.74, 6) is 0.918. The van der Waals surface area contributed by atoms with Gasteiger partial charge in [0.25, 0.3) is 0 Å². The molecule has 0 aliphatic carbocycles. The predicted octanol–water partition coefficient (Wildman–Crippen LogP) is 2.69. The number of fused-ring (bicyclic) bond motifs is 1. The van der Waals surface area contributed by atoms with Crippen LogP contribution in [0.2, 0.25) is 0 Å². The fraction of sp³-hybridized carbons (Fsp3) is 0.333. The molecule has 3 nitrogen and oxygen atoms in total. The maximum absolute atomic E-state index is 11.4. The van der Waals surface area contributed by atoms with Gasteiger partial charge in [-0.05, 0) is 35.2 Å². The van der Waals surface area contributed by atoms with Crippen LogP contribution in [-0.2, 0) is 9.84 Å². The largest absolute Gasteiger partial charge is 0.385 e. The van der Waals surface area contributed by atoms with Gasteiger partial charge in [-0.15, -0.1) is 0 Å². The van der Waals surface area contributed by atoms with Crippen LogP contribution in [0.1, 0.15) is 6.42 Å². The summed E-state index contributed by atoms with van der Waals surface area (Å²) in [7, 11) is -2.77. The van der Waals surface area contributed by atoms with Crippen LogP contribution in [0.3, 0.4) is 0 Å². The van der Waals surface area contributed by atoms with Gasteiger partial charge in [-0.1, -0.05) is 30.3 Å². The highest BCUT2D eigenvalue weighted by atomic mass is 32.2. The lowest BCUT2D eigenvalue weighted by molar-refractivity contribution is 0.596. The van der Waals surface area contributed by atoms with Crippen molar-refractivity contribution < 1.29 is 8.42 Å². The van der Waals surface area contributed by atoms with E-state index < -0.39 is 9.84 Å². The highest BCUT2D eigenvalue weighted by Gasteiger charge is 2.27. The average Bonchev–Trinajstić information content (AvgIpc) is 2.76.